The van der Waals surface area contributed by atoms with Gasteiger partial charge in [-0.25, -0.2) is 9.59 Å². The van der Waals surface area contributed by atoms with Gasteiger partial charge in [0.2, 0.25) is 0 Å². The van der Waals surface area contributed by atoms with Crippen molar-refractivity contribution < 1.29 is 24.2 Å². The van der Waals surface area contributed by atoms with Crippen molar-refractivity contribution >= 4 is 12.0 Å². The summed E-state index contributed by atoms with van der Waals surface area (Å²) in [5, 5.41) is 9.09. The number of hydrogen-bond donors (Lipinski definition) is 1. The van der Waals surface area contributed by atoms with Crippen molar-refractivity contribution in [2.45, 2.75) is 13.0 Å². The van der Waals surface area contributed by atoms with Crippen LogP contribution in [-0.2, 0) is 14.3 Å². The van der Waals surface area contributed by atoms with Gasteiger partial charge in [-0.05, 0) is 6.92 Å². The first kappa shape index (κ1) is 14.5. The van der Waals surface area contributed by atoms with Crippen molar-refractivity contribution in [3.05, 3.63) is 12.2 Å². The molecule has 1 heterocycles. The van der Waals surface area contributed by atoms with Crippen LogP contribution in [0.15, 0.2) is 12.2 Å². The molecule has 1 N–H and O–H groups in total. The minimum atomic E-state index is -0.510. The Hall–Kier alpha value is -1.60. The topological polar surface area (TPSA) is 79.3 Å². The molecule has 1 atom stereocenters. The van der Waals surface area contributed by atoms with Crippen LogP contribution in [0, 0.1) is 0 Å². The molecule has 1 aliphatic rings. The minimum Gasteiger partial charge on any atom is -0.455 e. The lowest BCUT2D eigenvalue weighted by molar-refractivity contribution is -0.148. The van der Waals surface area contributed by atoms with Crippen LogP contribution in [0.1, 0.15) is 6.92 Å². The summed E-state index contributed by atoms with van der Waals surface area (Å²) in [6.07, 6.45) is -0.505. The third kappa shape index (κ3) is 3.44. The second-order valence-corrected chi connectivity index (χ2v) is 4.09. The van der Waals surface area contributed by atoms with Crippen molar-refractivity contribution in [2.24, 2.45) is 0 Å². The fourth-order valence-corrected chi connectivity index (χ4v) is 1.61. The number of carbonyl (C=O) groups is 2. The first-order chi connectivity index (χ1) is 8.49. The zero-order chi connectivity index (χ0) is 13.7. The lowest BCUT2D eigenvalue weighted by Gasteiger charge is -2.38. The van der Waals surface area contributed by atoms with E-state index in [0.717, 1.165) is 0 Å². The molecule has 7 nitrogen and oxygen atoms in total. The average molecular weight is 258 g/mol. The molecule has 0 aliphatic carbocycles. The molecule has 0 aromatic heterocycles. The quantitative estimate of drug-likeness (QED) is 0.544. The molecule has 1 aliphatic heterocycles. The van der Waals surface area contributed by atoms with Crippen molar-refractivity contribution in [1.82, 2.24) is 9.80 Å². The summed E-state index contributed by atoms with van der Waals surface area (Å²) in [7, 11) is 1.46. The Morgan fingerprint density at radius 1 is 1.50 bits per heavy atom. The molecule has 0 bridgehead atoms. The summed E-state index contributed by atoms with van der Waals surface area (Å²) < 4.78 is 10.1. The number of nitrogens with zero attached hydrogens (tertiary/aromatic N) is 2. The predicted molar refractivity (Wildman–Crippen MR) is 62.5 cm³/mol. The first-order valence-corrected chi connectivity index (χ1v) is 5.49. The van der Waals surface area contributed by atoms with Crippen LogP contribution in [0.25, 0.3) is 0 Å². The van der Waals surface area contributed by atoms with Gasteiger partial charge in [0.1, 0.15) is 19.6 Å². The summed E-state index contributed by atoms with van der Waals surface area (Å²) >= 11 is 0. The fraction of sp³-hybridized carbons (Fsp3) is 0.636. The van der Waals surface area contributed by atoms with E-state index < -0.39 is 18.8 Å². The van der Waals surface area contributed by atoms with Crippen LogP contribution in [-0.4, -0.2) is 66.7 Å². The van der Waals surface area contributed by atoms with E-state index in [1.807, 2.05) is 0 Å². The second kappa shape index (κ2) is 6.36. The Kier molecular flexibility index (Phi) is 5.11. The number of amides is 2. The van der Waals surface area contributed by atoms with E-state index in [4.69, 9.17) is 14.6 Å². The van der Waals surface area contributed by atoms with Gasteiger partial charge in [-0.1, -0.05) is 6.58 Å². The number of urea groups is 1. The van der Waals surface area contributed by atoms with E-state index in [0.29, 0.717) is 5.57 Å². The molecule has 102 valence electrons. The van der Waals surface area contributed by atoms with Gasteiger partial charge in [-0.3, -0.25) is 9.80 Å². The van der Waals surface area contributed by atoms with Crippen molar-refractivity contribution in [2.75, 3.05) is 33.7 Å². The molecule has 0 aromatic carbocycles. The standard InChI is InChI=1S/C11H18N2O5/c1-8(2)10(15)18-9-4-12(6-14)11(16)13(5-9)7-17-3/h9,14H,1,4-7H2,2-3H3. The highest BCUT2D eigenvalue weighted by Crippen LogP contribution is 2.12. The molecule has 0 spiro atoms. The largest absolute Gasteiger partial charge is 0.455 e. The first-order valence-electron chi connectivity index (χ1n) is 5.49. The second-order valence-electron chi connectivity index (χ2n) is 4.09. The molecule has 1 saturated heterocycles. The maximum absolute atomic E-state index is 11.8. The van der Waals surface area contributed by atoms with E-state index in [-0.39, 0.29) is 25.9 Å². The molecular weight excluding hydrogens is 240 g/mol. The van der Waals surface area contributed by atoms with Crippen LogP contribution in [0.2, 0.25) is 0 Å². The third-order valence-electron chi connectivity index (χ3n) is 2.47. The van der Waals surface area contributed by atoms with Crippen LogP contribution >= 0.6 is 0 Å². The zero-order valence-electron chi connectivity index (χ0n) is 10.6. The van der Waals surface area contributed by atoms with Gasteiger partial charge in [-0.2, -0.15) is 0 Å². The highest BCUT2D eigenvalue weighted by molar-refractivity contribution is 5.87. The number of aliphatic hydroxyl groups is 1. The smallest absolute Gasteiger partial charge is 0.333 e. The maximum Gasteiger partial charge on any atom is 0.333 e. The lowest BCUT2D eigenvalue weighted by atomic mass is 10.2. The van der Waals surface area contributed by atoms with Gasteiger partial charge in [0.25, 0.3) is 0 Å². The number of aliphatic hydroxyl groups excluding tert-OH is 1. The highest BCUT2D eigenvalue weighted by atomic mass is 16.5. The van der Waals surface area contributed by atoms with Crippen molar-refractivity contribution in [3.63, 3.8) is 0 Å². The molecule has 1 fully saturated rings. The van der Waals surface area contributed by atoms with E-state index in [2.05, 4.69) is 6.58 Å². The zero-order valence-corrected chi connectivity index (χ0v) is 10.6. The SMILES string of the molecule is C=C(C)C(=O)OC1CN(CO)C(=O)N(COC)C1. The fourth-order valence-electron chi connectivity index (χ4n) is 1.61. The normalized spacial score (nSPS) is 19.9. The van der Waals surface area contributed by atoms with Gasteiger partial charge in [0.15, 0.2) is 0 Å². The number of hydrogen-bond acceptors (Lipinski definition) is 5. The van der Waals surface area contributed by atoms with Crippen LogP contribution < -0.4 is 0 Å². The highest BCUT2D eigenvalue weighted by Gasteiger charge is 2.33. The number of carbonyl (C=O) groups excluding carboxylic acids is 2. The Morgan fingerprint density at radius 2 is 2.11 bits per heavy atom. The maximum atomic E-state index is 11.8. The number of methoxy groups -OCH3 is 1. The summed E-state index contributed by atoms with van der Waals surface area (Å²) in [6, 6.07) is -0.345. The third-order valence-corrected chi connectivity index (χ3v) is 2.47. The molecule has 7 heteroatoms. The van der Waals surface area contributed by atoms with E-state index >= 15 is 0 Å². The molecule has 1 rings (SSSR count). The van der Waals surface area contributed by atoms with Crippen LogP contribution in [0.4, 0.5) is 4.79 Å². The number of esters is 1. The summed E-state index contributed by atoms with van der Waals surface area (Å²) in [5.74, 6) is -0.510. The Morgan fingerprint density at radius 3 is 2.61 bits per heavy atom. The number of rotatable bonds is 5. The van der Waals surface area contributed by atoms with Gasteiger partial charge in [0.05, 0.1) is 13.1 Å². The van der Waals surface area contributed by atoms with E-state index in [9.17, 15) is 9.59 Å². The summed E-state index contributed by atoms with van der Waals surface area (Å²) in [6.45, 7) is 5.08. The van der Waals surface area contributed by atoms with Gasteiger partial charge < -0.3 is 14.6 Å². The minimum absolute atomic E-state index is 0.0798. The summed E-state index contributed by atoms with van der Waals surface area (Å²) in [5.41, 5.74) is 0.292. The molecular formula is C11H18N2O5. The van der Waals surface area contributed by atoms with Gasteiger partial charge in [0, 0.05) is 12.7 Å². The van der Waals surface area contributed by atoms with Crippen molar-refractivity contribution in [3.8, 4) is 0 Å². The van der Waals surface area contributed by atoms with Gasteiger partial charge >= 0.3 is 12.0 Å². The molecule has 2 amide bonds. The van der Waals surface area contributed by atoms with E-state index in [1.54, 1.807) is 6.92 Å². The number of ether oxygens (including phenoxy) is 2. The molecule has 1 unspecified atom stereocenters. The lowest BCUT2D eigenvalue weighted by Crippen LogP contribution is -2.57. The van der Waals surface area contributed by atoms with Crippen LogP contribution in [0.3, 0.4) is 0 Å². The Labute approximate surface area is 106 Å². The molecule has 0 radical (unpaired) electrons. The molecule has 0 aromatic rings. The molecule has 0 saturated carbocycles. The van der Waals surface area contributed by atoms with Crippen molar-refractivity contribution in [1.29, 1.82) is 0 Å². The molecule has 18 heavy (non-hydrogen) atoms. The predicted octanol–water partition coefficient (Wildman–Crippen LogP) is -0.234. The Balaban J connectivity index is 2.67. The average Bonchev–Trinajstić information content (AvgIpc) is 2.33. The monoisotopic (exact) mass is 258 g/mol. The summed E-state index contributed by atoms with van der Waals surface area (Å²) in [4.78, 5) is 25.7. The Bertz CT molecular complexity index is 344. The van der Waals surface area contributed by atoms with Gasteiger partial charge in [-0.15, -0.1) is 0 Å². The van der Waals surface area contributed by atoms with E-state index in [1.165, 1.54) is 16.9 Å². The van der Waals surface area contributed by atoms with Crippen LogP contribution in [0.5, 0.6) is 0 Å².